The number of nitriles is 1. The van der Waals surface area contributed by atoms with Crippen LogP contribution in [0, 0.1) is 24.1 Å². The van der Waals surface area contributed by atoms with Crippen molar-refractivity contribution in [3.63, 3.8) is 0 Å². The summed E-state index contributed by atoms with van der Waals surface area (Å²) in [5, 5.41) is 14.5. The molecule has 0 radical (unpaired) electrons. The lowest BCUT2D eigenvalue weighted by molar-refractivity contribution is 0.0948. The number of pyridine rings is 1. The van der Waals surface area contributed by atoms with E-state index in [0.717, 1.165) is 0 Å². The van der Waals surface area contributed by atoms with Crippen LogP contribution in [0.2, 0.25) is 0 Å². The summed E-state index contributed by atoms with van der Waals surface area (Å²) in [6.07, 6.45) is 3.53. The lowest BCUT2D eigenvalue weighted by atomic mass is 10.0. The van der Waals surface area contributed by atoms with Crippen LogP contribution >= 0.6 is 0 Å². The normalized spacial score (nSPS) is 10.6. The highest BCUT2D eigenvalue weighted by Crippen LogP contribution is 2.24. The molecule has 1 aromatic carbocycles. The molecule has 0 fully saturated rings. The van der Waals surface area contributed by atoms with Crippen molar-refractivity contribution in [1.82, 2.24) is 20.1 Å². The van der Waals surface area contributed by atoms with Crippen LogP contribution in [-0.4, -0.2) is 40.9 Å². The molecule has 0 spiro atoms. The standard InChI is InChI=1S/C21H20FN5O3/c1-13-16(6-4-14(10-23)19(13)22)17-12-26-27(21(17)29)18-7-5-15(11-25-18)20(28)24-8-3-9-30-2/h4-7,11-12,26H,3,8-9H2,1-2H3,(H,24,28). The maximum atomic E-state index is 14.3. The Kier molecular flexibility index (Phi) is 6.39. The number of rotatable bonds is 7. The Labute approximate surface area is 171 Å². The zero-order chi connectivity index (χ0) is 21.7. The third-order valence-corrected chi connectivity index (χ3v) is 4.62. The van der Waals surface area contributed by atoms with Gasteiger partial charge in [-0.2, -0.15) is 5.26 Å². The number of H-pyrrole nitrogens is 1. The Morgan fingerprint density at radius 3 is 2.80 bits per heavy atom. The molecule has 1 amide bonds. The summed E-state index contributed by atoms with van der Waals surface area (Å²) in [6, 6.07) is 7.76. The van der Waals surface area contributed by atoms with E-state index >= 15 is 0 Å². The molecule has 154 valence electrons. The van der Waals surface area contributed by atoms with Gasteiger partial charge in [0.05, 0.1) is 16.7 Å². The second kappa shape index (κ2) is 9.15. The predicted octanol–water partition coefficient (Wildman–Crippen LogP) is 2.31. The Hall–Kier alpha value is -3.77. The first-order chi connectivity index (χ1) is 14.5. The Morgan fingerprint density at radius 1 is 1.33 bits per heavy atom. The Balaban J connectivity index is 1.83. The zero-order valence-corrected chi connectivity index (χ0v) is 16.5. The van der Waals surface area contributed by atoms with Gasteiger partial charge in [-0.05, 0) is 42.7 Å². The number of halogens is 1. The van der Waals surface area contributed by atoms with E-state index in [1.54, 1.807) is 19.2 Å². The molecule has 2 aromatic heterocycles. The molecule has 0 aliphatic rings. The van der Waals surface area contributed by atoms with Crippen LogP contribution in [0.25, 0.3) is 16.9 Å². The van der Waals surface area contributed by atoms with E-state index in [2.05, 4.69) is 15.4 Å². The van der Waals surface area contributed by atoms with Gasteiger partial charge in [0.2, 0.25) is 0 Å². The van der Waals surface area contributed by atoms with Gasteiger partial charge in [-0.25, -0.2) is 14.1 Å². The molecule has 2 heterocycles. The van der Waals surface area contributed by atoms with Crippen molar-refractivity contribution < 1.29 is 13.9 Å². The molecule has 0 aliphatic carbocycles. The summed E-state index contributed by atoms with van der Waals surface area (Å²) in [5.41, 5.74) is 0.708. The molecule has 2 N–H and O–H groups in total. The van der Waals surface area contributed by atoms with Crippen molar-refractivity contribution in [1.29, 1.82) is 5.26 Å². The molecule has 0 aliphatic heterocycles. The number of methoxy groups -OCH3 is 1. The monoisotopic (exact) mass is 409 g/mol. The zero-order valence-electron chi connectivity index (χ0n) is 16.5. The molecule has 30 heavy (non-hydrogen) atoms. The number of carbonyl (C=O) groups excluding carboxylic acids is 1. The largest absolute Gasteiger partial charge is 0.385 e. The van der Waals surface area contributed by atoms with E-state index in [4.69, 9.17) is 10.00 Å². The van der Waals surface area contributed by atoms with Crippen LogP contribution in [0.3, 0.4) is 0 Å². The number of nitrogens with zero attached hydrogens (tertiary/aromatic N) is 3. The molecular weight excluding hydrogens is 389 g/mol. The number of amides is 1. The SMILES string of the molecule is COCCCNC(=O)c1ccc(-n2[nH]cc(-c3ccc(C#N)c(F)c3C)c2=O)nc1. The first kappa shape index (κ1) is 21.0. The predicted molar refractivity (Wildman–Crippen MR) is 108 cm³/mol. The van der Waals surface area contributed by atoms with Crippen molar-refractivity contribution in [2.45, 2.75) is 13.3 Å². The fourth-order valence-corrected chi connectivity index (χ4v) is 2.97. The van der Waals surface area contributed by atoms with Gasteiger partial charge in [-0.3, -0.25) is 14.7 Å². The minimum atomic E-state index is -0.652. The van der Waals surface area contributed by atoms with Crippen molar-refractivity contribution in [3.05, 3.63) is 69.5 Å². The van der Waals surface area contributed by atoms with Gasteiger partial charge >= 0.3 is 0 Å². The highest BCUT2D eigenvalue weighted by molar-refractivity contribution is 5.93. The van der Waals surface area contributed by atoms with Gasteiger partial charge in [0.25, 0.3) is 11.5 Å². The van der Waals surface area contributed by atoms with Crippen LogP contribution in [0.4, 0.5) is 4.39 Å². The molecule has 0 saturated carbocycles. The number of aromatic nitrogens is 3. The van der Waals surface area contributed by atoms with Crippen molar-refractivity contribution in [2.75, 3.05) is 20.3 Å². The minimum absolute atomic E-state index is 0.0788. The summed E-state index contributed by atoms with van der Waals surface area (Å²) < 4.78 is 20.4. The van der Waals surface area contributed by atoms with Gasteiger partial charge in [-0.15, -0.1) is 0 Å². The van der Waals surface area contributed by atoms with Gasteiger partial charge in [-0.1, -0.05) is 6.07 Å². The number of nitrogens with one attached hydrogen (secondary N) is 2. The third kappa shape index (κ3) is 4.14. The van der Waals surface area contributed by atoms with Gasteiger partial charge in [0.1, 0.15) is 11.9 Å². The maximum Gasteiger partial charge on any atom is 0.280 e. The fourth-order valence-electron chi connectivity index (χ4n) is 2.97. The van der Waals surface area contributed by atoms with Crippen LogP contribution in [0.5, 0.6) is 0 Å². The molecule has 0 unspecified atom stereocenters. The first-order valence-corrected chi connectivity index (χ1v) is 9.21. The average Bonchev–Trinajstić information content (AvgIpc) is 3.14. The van der Waals surface area contributed by atoms with E-state index in [0.29, 0.717) is 30.7 Å². The van der Waals surface area contributed by atoms with Gasteiger partial charge in [0.15, 0.2) is 5.82 Å². The third-order valence-electron chi connectivity index (χ3n) is 4.62. The molecule has 8 nitrogen and oxygen atoms in total. The second-order valence-electron chi connectivity index (χ2n) is 6.55. The highest BCUT2D eigenvalue weighted by Gasteiger charge is 2.17. The van der Waals surface area contributed by atoms with E-state index in [-0.39, 0.29) is 28.4 Å². The maximum absolute atomic E-state index is 14.3. The number of carbonyl (C=O) groups is 1. The van der Waals surface area contributed by atoms with E-state index in [1.807, 2.05) is 0 Å². The van der Waals surface area contributed by atoms with Crippen molar-refractivity contribution in [2.24, 2.45) is 0 Å². The lowest BCUT2D eigenvalue weighted by Crippen LogP contribution is -2.25. The molecule has 3 rings (SSSR count). The molecule has 0 bridgehead atoms. The van der Waals surface area contributed by atoms with Crippen LogP contribution in [-0.2, 0) is 4.74 Å². The van der Waals surface area contributed by atoms with Crippen LogP contribution in [0.15, 0.2) is 41.5 Å². The number of hydrogen-bond acceptors (Lipinski definition) is 5. The summed E-state index contributed by atoms with van der Waals surface area (Å²) in [5.74, 6) is -0.636. The van der Waals surface area contributed by atoms with Crippen molar-refractivity contribution in [3.8, 4) is 23.0 Å². The topological polar surface area (TPSA) is 113 Å². The summed E-state index contributed by atoms with van der Waals surface area (Å²) in [4.78, 5) is 29.1. The van der Waals surface area contributed by atoms with E-state index in [1.165, 1.54) is 42.2 Å². The lowest BCUT2D eigenvalue weighted by Gasteiger charge is -2.06. The molecule has 9 heteroatoms. The number of hydrogen-bond donors (Lipinski definition) is 2. The quantitative estimate of drug-likeness (QED) is 0.582. The molecule has 3 aromatic rings. The minimum Gasteiger partial charge on any atom is -0.385 e. The van der Waals surface area contributed by atoms with Crippen LogP contribution < -0.4 is 10.9 Å². The van der Waals surface area contributed by atoms with Crippen LogP contribution in [0.1, 0.15) is 27.9 Å². The summed E-state index contributed by atoms with van der Waals surface area (Å²) in [6.45, 7) is 2.55. The number of ether oxygens (including phenoxy) is 1. The van der Waals surface area contributed by atoms with E-state index < -0.39 is 11.4 Å². The smallest absolute Gasteiger partial charge is 0.280 e. The fraction of sp³-hybridized carbons (Fsp3) is 0.238. The molecular formula is C21H20FN5O3. The molecule has 0 atom stereocenters. The highest BCUT2D eigenvalue weighted by atomic mass is 19.1. The first-order valence-electron chi connectivity index (χ1n) is 9.21. The van der Waals surface area contributed by atoms with E-state index in [9.17, 15) is 14.0 Å². The average molecular weight is 409 g/mol. The number of aromatic amines is 1. The van der Waals surface area contributed by atoms with Crippen molar-refractivity contribution >= 4 is 5.91 Å². The Morgan fingerprint density at radius 2 is 2.13 bits per heavy atom. The van der Waals surface area contributed by atoms with Gasteiger partial charge < -0.3 is 10.1 Å². The second-order valence-corrected chi connectivity index (χ2v) is 6.55. The van der Waals surface area contributed by atoms with Gasteiger partial charge in [0, 0.05) is 32.7 Å². The number of benzene rings is 1. The summed E-state index contributed by atoms with van der Waals surface area (Å²) in [7, 11) is 1.59. The Bertz CT molecular complexity index is 1160. The molecule has 0 saturated heterocycles. The summed E-state index contributed by atoms with van der Waals surface area (Å²) >= 11 is 0.